The highest BCUT2D eigenvalue weighted by molar-refractivity contribution is 14.2. The first-order valence-electron chi connectivity index (χ1n) is 26.5. The lowest BCUT2D eigenvalue weighted by molar-refractivity contribution is -0.156. The van der Waals surface area contributed by atoms with E-state index < -0.39 is 102 Å². The Bertz CT molecular complexity index is 3110. The molecule has 0 aromatic carbocycles. The molecule has 4 unspecified atom stereocenters. The largest absolute Gasteiger partial charge is 0.490 e. The van der Waals surface area contributed by atoms with Crippen LogP contribution in [0.3, 0.4) is 0 Å². The van der Waals surface area contributed by atoms with Crippen LogP contribution in [-0.2, 0) is 84.0 Å². The molecule has 0 saturated carbocycles. The molecule has 35 nitrogen and oxygen atoms in total. The molecule has 2 fully saturated rings. The van der Waals surface area contributed by atoms with Crippen molar-refractivity contribution >= 4 is 138 Å². The van der Waals surface area contributed by atoms with Gasteiger partial charge in [-0.2, -0.15) is 8.62 Å². The lowest BCUT2D eigenvalue weighted by Crippen LogP contribution is -2.26. The molecular weight excluding hydrogens is 1450 g/mol. The number of unbranched alkanes of at least 4 members (excludes halogenated alkanes) is 2. The number of esters is 4. The van der Waals surface area contributed by atoms with Crippen molar-refractivity contribution in [3.63, 3.8) is 0 Å². The average Bonchev–Trinajstić information content (AvgIpc) is 2.18. The number of imidazole rings is 2. The number of ether oxygens (including phenoxy) is 6. The van der Waals surface area contributed by atoms with Crippen molar-refractivity contribution in [2.45, 2.75) is 167 Å². The van der Waals surface area contributed by atoms with Crippen LogP contribution in [0.1, 0.15) is 131 Å². The van der Waals surface area contributed by atoms with Gasteiger partial charge >= 0.3 is 47.3 Å². The van der Waals surface area contributed by atoms with Gasteiger partial charge < -0.3 is 73.9 Å². The third-order valence-corrected chi connectivity index (χ3v) is 15.1. The molecule has 40 heteroatoms. The molecule has 4 aromatic heterocycles. The SMILES string of the molecule is CC(C)(C)OC(=O)CCCCOC(=O)CCC(=O)Nc1ncnc2c1ncn2[C@H]1CC(O)[C@@H](CO)O1.CC(C)(C)OC(=O)CCCCOC(=O)CCC(=O)Nc1ncnc2c1ncn2[C@H]1CC(O)[C@@H](COP(=O)(O)OP(=O)(O)OP(=O)(O)O)O1.ICI. The zero-order valence-corrected chi connectivity index (χ0v) is 54.9. The summed E-state index contributed by atoms with van der Waals surface area (Å²) in [5.74, 6) is -2.62. The van der Waals surface area contributed by atoms with Gasteiger partial charge in [0.15, 0.2) is 34.0 Å². The number of aromatic nitrogens is 8. The second kappa shape index (κ2) is 34.7. The highest BCUT2D eigenvalue weighted by Gasteiger charge is 2.43. The van der Waals surface area contributed by atoms with Gasteiger partial charge in [-0.05, 0) is 67.2 Å². The Kier molecular flexibility index (Phi) is 29.9. The number of rotatable bonds is 28. The summed E-state index contributed by atoms with van der Waals surface area (Å²) in [4.78, 5) is 133. The topological polar surface area (TPSA) is 490 Å². The number of nitrogens with one attached hydrogen (secondary N) is 2. The van der Waals surface area contributed by atoms with E-state index >= 15 is 0 Å². The van der Waals surface area contributed by atoms with Gasteiger partial charge in [-0.15, -0.1) is 0 Å². The number of hydrogen-bond acceptors (Lipinski definition) is 27. The van der Waals surface area contributed by atoms with E-state index in [1.165, 1.54) is 26.0 Å². The van der Waals surface area contributed by atoms with Gasteiger partial charge in [0.25, 0.3) is 0 Å². The third kappa shape index (κ3) is 27.3. The molecule has 87 heavy (non-hydrogen) atoms. The first-order chi connectivity index (χ1) is 40.6. The van der Waals surface area contributed by atoms with Gasteiger partial charge in [0.2, 0.25) is 11.8 Å². The number of carbonyl (C=O) groups is 6. The Morgan fingerprint density at radius 3 is 1.40 bits per heavy atom. The maximum Gasteiger partial charge on any atom is 0.490 e. The Morgan fingerprint density at radius 1 is 0.598 bits per heavy atom. The molecule has 0 bridgehead atoms. The standard InChI is InChI=1S/C23H36N5O17P3.C23H33N5O8.CH2I2/c1-23(2,3)43-19(32)6-4-5-9-40-18(31)8-7-16(30)27-21-20-22(25-12-24-21)28(13-26-20)17-10-14(29)15(42-17)11-41-47(36,37)45-48(38,39)44-46(33,34)35;1-23(2,3)36-19(33)6-4-5-9-34-18(32)8-7-16(31)27-21-20-22(25-12-24-21)28(13-26-20)17-10-14(30)15(11-29)35-17;2-1-3/h12-15,17,29H,4-11H2,1-3H3,(H,36,37)(H,38,39)(H2,33,34,35)(H,24,25,27,30);12-15,17,29-30H,4-11H2,1-3H3,(H,24,25,27,31);1H2/t2*14?,15-,17-;/m11./s1. The van der Waals surface area contributed by atoms with Crippen LogP contribution in [0.2, 0.25) is 0 Å². The van der Waals surface area contributed by atoms with Crippen LogP contribution >= 0.6 is 68.6 Å². The molecule has 6 heterocycles. The zero-order chi connectivity index (χ0) is 64.9. The molecular formula is C47H71I2N10O25P3. The Hall–Kier alpha value is -4.41. The molecule has 9 N–H and O–H groups in total. The summed E-state index contributed by atoms with van der Waals surface area (Å²) in [6.07, 6.45) is 1.25. The van der Waals surface area contributed by atoms with E-state index in [0.717, 1.165) is 6.33 Å². The van der Waals surface area contributed by atoms with Crippen molar-refractivity contribution < 1.29 is 119 Å². The van der Waals surface area contributed by atoms with Crippen molar-refractivity contribution in [2.24, 2.45) is 0 Å². The fourth-order valence-electron chi connectivity index (χ4n) is 7.73. The van der Waals surface area contributed by atoms with Gasteiger partial charge in [0.1, 0.15) is 48.5 Å². The van der Waals surface area contributed by atoms with Crippen LogP contribution in [0.15, 0.2) is 25.3 Å². The second-order valence-corrected chi connectivity index (χ2v) is 29.6. The number of fused-ring (bicyclic) bond motifs is 2. The maximum atomic E-state index is 12.5. The van der Waals surface area contributed by atoms with E-state index in [9.17, 15) is 67.6 Å². The summed E-state index contributed by atoms with van der Waals surface area (Å²) < 4.78 is 82.1. The van der Waals surface area contributed by atoms with Crippen molar-refractivity contribution in [3.05, 3.63) is 25.3 Å². The van der Waals surface area contributed by atoms with E-state index in [1.807, 2.05) is 0 Å². The number of aliphatic hydroxyl groups excluding tert-OH is 3. The Morgan fingerprint density at radius 2 is 1.01 bits per heavy atom. The minimum atomic E-state index is -5.73. The summed E-state index contributed by atoms with van der Waals surface area (Å²) in [6.45, 7) is 9.73. The minimum Gasteiger partial charge on any atom is -0.466 e. The van der Waals surface area contributed by atoms with Crippen molar-refractivity contribution in [3.8, 4) is 0 Å². The molecule has 488 valence electrons. The summed E-state index contributed by atoms with van der Waals surface area (Å²) in [6, 6.07) is 0. The second-order valence-electron chi connectivity index (χ2n) is 20.8. The van der Waals surface area contributed by atoms with Crippen LogP contribution in [-0.4, -0.2) is 174 Å². The first-order valence-corrected chi connectivity index (χ1v) is 34.1. The number of phosphoric acid groups is 3. The van der Waals surface area contributed by atoms with Crippen molar-refractivity contribution in [1.82, 2.24) is 39.0 Å². The predicted octanol–water partition coefficient (Wildman–Crippen LogP) is 4.65. The number of hydrogen-bond donors (Lipinski definition) is 9. The van der Waals surface area contributed by atoms with E-state index in [-0.39, 0.29) is 106 Å². The maximum absolute atomic E-state index is 12.5. The van der Waals surface area contributed by atoms with Crippen LogP contribution in [0, 0.1) is 0 Å². The van der Waals surface area contributed by atoms with E-state index in [4.69, 9.17) is 38.2 Å². The number of nitrogens with zero attached hydrogens (tertiary/aromatic N) is 8. The summed E-state index contributed by atoms with van der Waals surface area (Å²) in [7, 11) is -16.7. The van der Waals surface area contributed by atoms with Gasteiger partial charge in [-0.1, -0.05) is 45.2 Å². The fraction of sp³-hybridized carbons (Fsp3) is 0.660. The van der Waals surface area contributed by atoms with E-state index in [2.05, 4.69) is 98.9 Å². The smallest absolute Gasteiger partial charge is 0.466 e. The van der Waals surface area contributed by atoms with Gasteiger partial charge in [0, 0.05) is 38.5 Å². The fourth-order valence-corrected chi connectivity index (χ4v) is 10.8. The van der Waals surface area contributed by atoms with Crippen LogP contribution in [0.25, 0.3) is 22.3 Å². The molecule has 0 spiro atoms. The molecule has 2 saturated heterocycles. The quantitative estimate of drug-likeness (QED) is 0.00933. The normalized spacial score (nSPS) is 20.0. The number of phosphoric ester groups is 1. The summed E-state index contributed by atoms with van der Waals surface area (Å²) in [5.41, 5.74) is -0.127. The van der Waals surface area contributed by atoms with Gasteiger partial charge in [-0.3, -0.25) is 42.4 Å². The zero-order valence-electron chi connectivity index (χ0n) is 47.9. The number of alkyl halides is 2. The lowest BCUT2D eigenvalue weighted by atomic mass is 10.2. The van der Waals surface area contributed by atoms with Gasteiger partial charge in [-0.25, -0.2) is 43.6 Å². The number of halogens is 2. The molecule has 8 atom stereocenters. The van der Waals surface area contributed by atoms with Crippen LogP contribution in [0.4, 0.5) is 11.6 Å². The van der Waals surface area contributed by atoms with E-state index in [0.29, 0.717) is 36.8 Å². The Balaban J connectivity index is 0.000000369. The van der Waals surface area contributed by atoms with Crippen LogP contribution in [0.5, 0.6) is 0 Å². The predicted molar refractivity (Wildman–Crippen MR) is 317 cm³/mol. The van der Waals surface area contributed by atoms with Gasteiger partial charge in [0.05, 0.1) is 66.6 Å². The first kappa shape index (κ1) is 75.1. The highest BCUT2D eigenvalue weighted by Crippen LogP contribution is 2.66. The average molecular weight is 1520 g/mol. The molecule has 0 radical (unpaired) electrons. The highest BCUT2D eigenvalue weighted by atomic mass is 127. The molecule has 2 amide bonds. The summed E-state index contributed by atoms with van der Waals surface area (Å²) in [5, 5.41) is 34.8. The molecule has 0 aliphatic carbocycles. The monoisotopic (exact) mass is 1520 g/mol. The molecule has 2 aliphatic heterocycles. The Labute approximate surface area is 524 Å². The minimum absolute atomic E-state index is 0.00187. The number of anilines is 2. The third-order valence-electron chi connectivity index (χ3n) is 11.3. The lowest BCUT2D eigenvalue weighted by Gasteiger charge is -2.19. The van der Waals surface area contributed by atoms with Crippen LogP contribution < -0.4 is 10.6 Å². The van der Waals surface area contributed by atoms with E-state index in [1.54, 1.807) is 46.1 Å². The molecule has 2 aliphatic rings. The number of aliphatic hydroxyl groups is 3. The summed E-state index contributed by atoms with van der Waals surface area (Å²) >= 11 is 4.55. The number of carbonyl (C=O) groups excluding carboxylic acids is 6. The molecule has 6 rings (SSSR count). The molecule has 4 aromatic rings. The van der Waals surface area contributed by atoms with Crippen molar-refractivity contribution in [2.75, 3.05) is 39.5 Å². The van der Waals surface area contributed by atoms with Crippen molar-refractivity contribution in [1.29, 1.82) is 0 Å². The number of amides is 2.